The van der Waals surface area contributed by atoms with Gasteiger partial charge in [0.05, 0.1) is 0 Å². The van der Waals surface area contributed by atoms with Gasteiger partial charge in [-0.3, -0.25) is 9.36 Å². The molecule has 106 valence electrons. The van der Waals surface area contributed by atoms with Crippen molar-refractivity contribution in [2.75, 3.05) is 0 Å². The molecule has 5 heteroatoms. The molecule has 0 aliphatic carbocycles. The highest BCUT2D eigenvalue weighted by atomic mass is 16.1. The van der Waals surface area contributed by atoms with Crippen LogP contribution in [0.25, 0.3) is 22.6 Å². The summed E-state index contributed by atoms with van der Waals surface area (Å²) in [4.78, 5) is 25.6. The molecule has 0 fully saturated rings. The van der Waals surface area contributed by atoms with Gasteiger partial charge in [0.1, 0.15) is 5.82 Å². The Bertz CT molecular complexity index is 827. The van der Waals surface area contributed by atoms with Crippen LogP contribution in [-0.4, -0.2) is 19.5 Å². The van der Waals surface area contributed by atoms with E-state index < -0.39 is 0 Å². The molecule has 3 aromatic rings. The minimum Gasteiger partial charge on any atom is -0.288 e. The van der Waals surface area contributed by atoms with E-state index in [0.29, 0.717) is 17.0 Å². The fraction of sp³-hybridized carbons (Fsp3) is 0.250. The van der Waals surface area contributed by atoms with Gasteiger partial charge in [0.25, 0.3) is 5.56 Å². The summed E-state index contributed by atoms with van der Waals surface area (Å²) in [7, 11) is 0. The van der Waals surface area contributed by atoms with E-state index >= 15 is 0 Å². The van der Waals surface area contributed by atoms with Crippen molar-refractivity contribution in [3.8, 4) is 11.4 Å². The summed E-state index contributed by atoms with van der Waals surface area (Å²) in [6.45, 7) is 4.06. The Morgan fingerprint density at radius 1 is 1.14 bits per heavy atom. The van der Waals surface area contributed by atoms with Gasteiger partial charge in [0.2, 0.25) is 0 Å². The van der Waals surface area contributed by atoms with Crippen LogP contribution in [0.5, 0.6) is 0 Å². The van der Waals surface area contributed by atoms with E-state index in [0.717, 1.165) is 12.0 Å². The molecular weight excluding hydrogens is 264 g/mol. The predicted molar refractivity (Wildman–Crippen MR) is 82.0 cm³/mol. The molecule has 0 aliphatic rings. The lowest BCUT2D eigenvalue weighted by molar-refractivity contribution is 0.516. The van der Waals surface area contributed by atoms with Gasteiger partial charge in [-0.15, -0.1) is 0 Å². The van der Waals surface area contributed by atoms with Crippen LogP contribution < -0.4 is 5.56 Å². The SMILES string of the molecule is CCC(C)n1c(-c2ccccc2)nc2nccnc2c1=O. The first-order valence-electron chi connectivity index (χ1n) is 7.01. The molecule has 0 amide bonds. The number of benzene rings is 1. The maximum atomic E-state index is 12.7. The van der Waals surface area contributed by atoms with Crippen LogP contribution >= 0.6 is 0 Å². The Morgan fingerprint density at radius 2 is 1.86 bits per heavy atom. The highest BCUT2D eigenvalue weighted by Crippen LogP contribution is 2.21. The maximum Gasteiger partial charge on any atom is 0.282 e. The minimum absolute atomic E-state index is 0.0478. The number of hydrogen-bond acceptors (Lipinski definition) is 4. The van der Waals surface area contributed by atoms with Gasteiger partial charge >= 0.3 is 0 Å². The first-order valence-corrected chi connectivity index (χ1v) is 7.01. The van der Waals surface area contributed by atoms with Gasteiger partial charge < -0.3 is 0 Å². The van der Waals surface area contributed by atoms with Crippen molar-refractivity contribution in [1.82, 2.24) is 19.5 Å². The molecule has 1 atom stereocenters. The highest BCUT2D eigenvalue weighted by molar-refractivity contribution is 5.71. The Morgan fingerprint density at radius 3 is 2.57 bits per heavy atom. The summed E-state index contributed by atoms with van der Waals surface area (Å²) in [5.41, 5.74) is 1.47. The lowest BCUT2D eigenvalue weighted by Gasteiger charge is -2.18. The molecule has 3 rings (SSSR count). The van der Waals surface area contributed by atoms with Crippen molar-refractivity contribution in [1.29, 1.82) is 0 Å². The highest BCUT2D eigenvalue weighted by Gasteiger charge is 2.17. The van der Waals surface area contributed by atoms with Crippen molar-refractivity contribution >= 4 is 11.2 Å². The van der Waals surface area contributed by atoms with E-state index in [4.69, 9.17) is 0 Å². The van der Waals surface area contributed by atoms with Gasteiger partial charge in [-0.1, -0.05) is 37.3 Å². The first kappa shape index (κ1) is 13.4. The zero-order valence-corrected chi connectivity index (χ0v) is 12.0. The smallest absolute Gasteiger partial charge is 0.282 e. The van der Waals surface area contributed by atoms with Gasteiger partial charge in [0.15, 0.2) is 11.2 Å². The molecule has 1 aromatic carbocycles. The number of nitrogens with zero attached hydrogens (tertiary/aromatic N) is 4. The molecule has 0 aliphatic heterocycles. The lowest BCUT2D eigenvalue weighted by atomic mass is 10.1. The third-order valence-electron chi connectivity index (χ3n) is 3.60. The Labute approximate surface area is 122 Å². The van der Waals surface area contributed by atoms with Gasteiger partial charge in [-0.05, 0) is 13.3 Å². The average Bonchev–Trinajstić information content (AvgIpc) is 2.55. The van der Waals surface area contributed by atoms with Crippen LogP contribution in [0.15, 0.2) is 47.5 Å². The van der Waals surface area contributed by atoms with E-state index in [2.05, 4.69) is 15.0 Å². The van der Waals surface area contributed by atoms with Crippen LogP contribution in [0.1, 0.15) is 26.3 Å². The van der Waals surface area contributed by atoms with Crippen LogP contribution in [-0.2, 0) is 0 Å². The second-order valence-electron chi connectivity index (χ2n) is 4.96. The second-order valence-corrected chi connectivity index (χ2v) is 4.96. The molecule has 0 saturated carbocycles. The molecule has 0 N–H and O–H groups in total. The van der Waals surface area contributed by atoms with Crippen molar-refractivity contribution in [2.45, 2.75) is 26.3 Å². The van der Waals surface area contributed by atoms with E-state index in [9.17, 15) is 4.79 Å². The summed E-state index contributed by atoms with van der Waals surface area (Å²) < 4.78 is 1.71. The second kappa shape index (κ2) is 5.44. The largest absolute Gasteiger partial charge is 0.288 e. The van der Waals surface area contributed by atoms with Crippen LogP contribution in [0, 0.1) is 0 Å². The molecule has 0 saturated heterocycles. The summed E-state index contributed by atoms with van der Waals surface area (Å²) >= 11 is 0. The van der Waals surface area contributed by atoms with Crippen LogP contribution in [0.3, 0.4) is 0 Å². The number of rotatable bonds is 3. The Hall–Kier alpha value is -2.56. The summed E-state index contributed by atoms with van der Waals surface area (Å²) in [5.74, 6) is 0.642. The van der Waals surface area contributed by atoms with Crippen molar-refractivity contribution in [2.24, 2.45) is 0 Å². The average molecular weight is 280 g/mol. The lowest BCUT2D eigenvalue weighted by Crippen LogP contribution is -2.27. The predicted octanol–water partition coefficient (Wildman–Crippen LogP) is 2.82. The molecule has 21 heavy (non-hydrogen) atoms. The van der Waals surface area contributed by atoms with E-state index in [-0.39, 0.29) is 11.6 Å². The number of fused-ring (bicyclic) bond motifs is 1. The molecule has 0 radical (unpaired) electrons. The Balaban J connectivity index is 2.39. The Kier molecular flexibility index (Phi) is 3.48. The molecule has 5 nitrogen and oxygen atoms in total. The quantitative estimate of drug-likeness (QED) is 0.740. The van der Waals surface area contributed by atoms with Crippen LogP contribution in [0.4, 0.5) is 0 Å². The topological polar surface area (TPSA) is 60.7 Å². The van der Waals surface area contributed by atoms with E-state index in [1.165, 1.54) is 6.20 Å². The monoisotopic (exact) mass is 280 g/mol. The maximum absolute atomic E-state index is 12.7. The third kappa shape index (κ3) is 2.31. The molecule has 2 aromatic heterocycles. The molecule has 1 unspecified atom stereocenters. The fourth-order valence-corrected chi connectivity index (χ4v) is 2.31. The molecular formula is C16H16N4O. The summed E-state index contributed by atoms with van der Waals surface area (Å²) in [5, 5.41) is 0. The number of aromatic nitrogens is 4. The van der Waals surface area contributed by atoms with Gasteiger partial charge in [-0.2, -0.15) is 0 Å². The van der Waals surface area contributed by atoms with E-state index in [1.807, 2.05) is 44.2 Å². The zero-order valence-electron chi connectivity index (χ0n) is 12.0. The third-order valence-corrected chi connectivity index (χ3v) is 3.60. The van der Waals surface area contributed by atoms with Gasteiger partial charge in [-0.25, -0.2) is 15.0 Å². The number of hydrogen-bond donors (Lipinski definition) is 0. The molecule has 2 heterocycles. The van der Waals surface area contributed by atoms with E-state index in [1.54, 1.807) is 10.8 Å². The normalized spacial score (nSPS) is 12.5. The standard InChI is InChI=1S/C16H16N4O/c1-3-11(2)20-15(12-7-5-4-6-8-12)19-14-13(16(20)21)17-9-10-18-14/h4-11H,3H2,1-2H3. The minimum atomic E-state index is -0.138. The summed E-state index contributed by atoms with van der Waals surface area (Å²) in [6, 6.07) is 9.75. The van der Waals surface area contributed by atoms with Gasteiger partial charge in [0, 0.05) is 24.0 Å². The van der Waals surface area contributed by atoms with Crippen LogP contribution in [0.2, 0.25) is 0 Å². The van der Waals surface area contributed by atoms with Crippen molar-refractivity contribution in [3.05, 3.63) is 53.1 Å². The fourth-order valence-electron chi connectivity index (χ4n) is 2.31. The van der Waals surface area contributed by atoms with Crippen molar-refractivity contribution in [3.63, 3.8) is 0 Å². The zero-order chi connectivity index (χ0) is 14.8. The van der Waals surface area contributed by atoms with Crippen molar-refractivity contribution < 1.29 is 0 Å². The summed E-state index contributed by atoms with van der Waals surface area (Å²) in [6.07, 6.45) is 3.92. The first-order chi connectivity index (χ1) is 10.2. The molecule has 0 bridgehead atoms. The molecule has 0 spiro atoms.